The fourth-order valence-electron chi connectivity index (χ4n) is 1.68. The molecule has 0 spiro atoms. The van der Waals surface area contributed by atoms with Crippen LogP contribution in [0.1, 0.15) is 5.56 Å². The van der Waals surface area contributed by atoms with Crippen molar-refractivity contribution in [1.29, 1.82) is 0 Å². The molecule has 21 heavy (non-hydrogen) atoms. The number of nitrogens with one attached hydrogen (secondary N) is 1. The SMILES string of the molecule is COC(=O)Cn1ncc(NCc2ccccc2)c(Br)c1=O. The predicted octanol–water partition coefficient (Wildman–Crippen LogP) is 1.79. The summed E-state index contributed by atoms with van der Waals surface area (Å²) in [5.74, 6) is -0.526. The number of halogens is 1. The maximum atomic E-state index is 12.1. The summed E-state index contributed by atoms with van der Waals surface area (Å²) in [5, 5.41) is 7.08. The largest absolute Gasteiger partial charge is 0.468 e. The molecule has 0 saturated heterocycles. The van der Waals surface area contributed by atoms with E-state index in [0.717, 1.165) is 10.2 Å². The zero-order valence-corrected chi connectivity index (χ0v) is 13.0. The highest BCUT2D eigenvalue weighted by molar-refractivity contribution is 9.10. The Hall–Kier alpha value is -2.15. The first-order chi connectivity index (χ1) is 10.1. The first-order valence-electron chi connectivity index (χ1n) is 6.22. The number of aromatic nitrogens is 2. The molecular formula is C14H14BrN3O3. The van der Waals surface area contributed by atoms with Gasteiger partial charge < -0.3 is 10.1 Å². The molecule has 6 nitrogen and oxygen atoms in total. The molecule has 0 atom stereocenters. The van der Waals surface area contributed by atoms with Gasteiger partial charge in [0, 0.05) is 6.54 Å². The van der Waals surface area contributed by atoms with Gasteiger partial charge in [-0.25, -0.2) is 4.68 Å². The summed E-state index contributed by atoms with van der Waals surface area (Å²) in [6.45, 7) is 0.356. The highest BCUT2D eigenvalue weighted by Crippen LogP contribution is 2.17. The number of carbonyl (C=O) groups excluding carboxylic acids is 1. The number of methoxy groups -OCH3 is 1. The second-order valence-electron chi connectivity index (χ2n) is 4.25. The van der Waals surface area contributed by atoms with Crippen molar-refractivity contribution in [2.24, 2.45) is 0 Å². The summed E-state index contributed by atoms with van der Waals surface area (Å²) in [7, 11) is 1.26. The third-order valence-electron chi connectivity index (χ3n) is 2.82. The van der Waals surface area contributed by atoms with Crippen molar-refractivity contribution >= 4 is 27.6 Å². The number of ether oxygens (including phenoxy) is 1. The van der Waals surface area contributed by atoms with E-state index in [0.29, 0.717) is 16.7 Å². The molecule has 0 bridgehead atoms. The first-order valence-corrected chi connectivity index (χ1v) is 7.01. The first kappa shape index (κ1) is 15.2. The van der Waals surface area contributed by atoms with E-state index in [1.807, 2.05) is 30.3 Å². The Labute approximate surface area is 129 Å². The van der Waals surface area contributed by atoms with E-state index in [9.17, 15) is 9.59 Å². The van der Waals surface area contributed by atoms with Crippen LogP contribution in [0.3, 0.4) is 0 Å². The van der Waals surface area contributed by atoms with Gasteiger partial charge in [0.15, 0.2) is 0 Å². The molecule has 0 aliphatic heterocycles. The molecule has 0 saturated carbocycles. The van der Waals surface area contributed by atoms with Crippen LogP contribution in [0.4, 0.5) is 5.69 Å². The Balaban J connectivity index is 2.13. The molecule has 1 aromatic carbocycles. The number of hydrogen-bond donors (Lipinski definition) is 1. The Morgan fingerprint density at radius 3 is 2.76 bits per heavy atom. The average molecular weight is 352 g/mol. The Kier molecular flexibility index (Phi) is 5.10. The van der Waals surface area contributed by atoms with Crippen LogP contribution in [0.5, 0.6) is 0 Å². The van der Waals surface area contributed by atoms with Crippen LogP contribution in [0.15, 0.2) is 45.8 Å². The van der Waals surface area contributed by atoms with Gasteiger partial charge in [-0.3, -0.25) is 9.59 Å². The fraction of sp³-hybridized carbons (Fsp3) is 0.214. The maximum Gasteiger partial charge on any atom is 0.327 e. The third kappa shape index (κ3) is 3.91. The summed E-state index contributed by atoms with van der Waals surface area (Å²) in [6, 6.07) is 9.78. The molecular weight excluding hydrogens is 338 g/mol. The van der Waals surface area contributed by atoms with Crippen molar-refractivity contribution in [3.8, 4) is 0 Å². The summed E-state index contributed by atoms with van der Waals surface area (Å²) in [6.07, 6.45) is 1.50. The van der Waals surface area contributed by atoms with Crippen LogP contribution in [-0.4, -0.2) is 22.9 Å². The van der Waals surface area contributed by atoms with E-state index >= 15 is 0 Å². The smallest absolute Gasteiger partial charge is 0.327 e. The average Bonchev–Trinajstić information content (AvgIpc) is 2.52. The predicted molar refractivity (Wildman–Crippen MR) is 82.0 cm³/mol. The Bertz CT molecular complexity index is 686. The number of nitrogens with zero attached hydrogens (tertiary/aromatic N) is 2. The molecule has 0 aliphatic rings. The molecule has 2 rings (SSSR count). The van der Waals surface area contributed by atoms with Crippen molar-refractivity contribution < 1.29 is 9.53 Å². The van der Waals surface area contributed by atoms with E-state index < -0.39 is 11.5 Å². The lowest BCUT2D eigenvalue weighted by Crippen LogP contribution is -2.28. The van der Waals surface area contributed by atoms with Crippen molar-refractivity contribution in [2.75, 3.05) is 12.4 Å². The monoisotopic (exact) mass is 351 g/mol. The van der Waals surface area contributed by atoms with Gasteiger partial charge in [0.05, 0.1) is 19.0 Å². The van der Waals surface area contributed by atoms with E-state index in [-0.39, 0.29) is 6.54 Å². The van der Waals surface area contributed by atoms with Crippen molar-refractivity contribution in [1.82, 2.24) is 9.78 Å². The second kappa shape index (κ2) is 7.03. The summed E-state index contributed by atoms with van der Waals surface area (Å²) < 4.78 is 5.89. The quantitative estimate of drug-likeness (QED) is 0.831. The minimum Gasteiger partial charge on any atom is -0.468 e. The number of esters is 1. The number of benzene rings is 1. The van der Waals surface area contributed by atoms with Crippen LogP contribution in [0.25, 0.3) is 0 Å². The Morgan fingerprint density at radius 2 is 2.10 bits per heavy atom. The lowest BCUT2D eigenvalue weighted by atomic mass is 10.2. The number of hydrogen-bond acceptors (Lipinski definition) is 5. The van der Waals surface area contributed by atoms with Gasteiger partial charge in [-0.1, -0.05) is 30.3 Å². The topological polar surface area (TPSA) is 73.2 Å². The van der Waals surface area contributed by atoms with Gasteiger partial charge >= 0.3 is 5.97 Å². The standard InChI is InChI=1S/C14H14BrN3O3/c1-21-12(19)9-18-14(20)13(15)11(8-17-18)16-7-10-5-3-2-4-6-10/h2-6,8,16H,7,9H2,1H3. The van der Waals surface area contributed by atoms with Crippen LogP contribution in [0.2, 0.25) is 0 Å². The highest BCUT2D eigenvalue weighted by atomic mass is 79.9. The number of anilines is 1. The van der Waals surface area contributed by atoms with Crippen molar-refractivity contribution in [2.45, 2.75) is 13.1 Å². The molecule has 0 radical (unpaired) electrons. The van der Waals surface area contributed by atoms with Gasteiger partial charge in [-0.2, -0.15) is 5.10 Å². The molecule has 110 valence electrons. The molecule has 1 N–H and O–H groups in total. The van der Waals surface area contributed by atoms with Gasteiger partial charge in [-0.15, -0.1) is 0 Å². The fourth-order valence-corrected chi connectivity index (χ4v) is 2.13. The van der Waals surface area contributed by atoms with E-state index in [1.165, 1.54) is 13.3 Å². The van der Waals surface area contributed by atoms with Gasteiger partial charge in [0.2, 0.25) is 0 Å². The molecule has 0 fully saturated rings. The minimum absolute atomic E-state index is 0.215. The lowest BCUT2D eigenvalue weighted by molar-refractivity contribution is -0.141. The molecule has 1 aromatic heterocycles. The molecule has 1 heterocycles. The number of carbonyl (C=O) groups is 1. The molecule has 2 aromatic rings. The van der Waals surface area contributed by atoms with E-state index in [1.54, 1.807) is 0 Å². The molecule has 0 unspecified atom stereocenters. The summed E-state index contributed by atoms with van der Waals surface area (Å²) >= 11 is 3.23. The summed E-state index contributed by atoms with van der Waals surface area (Å²) in [5.41, 5.74) is 1.27. The zero-order chi connectivity index (χ0) is 15.2. The van der Waals surface area contributed by atoms with Crippen molar-refractivity contribution in [3.05, 3.63) is 56.9 Å². The maximum absolute atomic E-state index is 12.1. The Morgan fingerprint density at radius 1 is 1.38 bits per heavy atom. The van der Waals surface area contributed by atoms with Crippen LogP contribution < -0.4 is 10.9 Å². The summed E-state index contributed by atoms with van der Waals surface area (Å²) in [4.78, 5) is 23.2. The second-order valence-corrected chi connectivity index (χ2v) is 5.04. The molecule has 0 aliphatic carbocycles. The molecule has 0 amide bonds. The van der Waals surface area contributed by atoms with Crippen LogP contribution >= 0.6 is 15.9 Å². The third-order valence-corrected chi connectivity index (χ3v) is 3.58. The zero-order valence-electron chi connectivity index (χ0n) is 11.4. The van der Waals surface area contributed by atoms with Crippen LogP contribution in [0, 0.1) is 0 Å². The van der Waals surface area contributed by atoms with Crippen molar-refractivity contribution in [3.63, 3.8) is 0 Å². The van der Waals surface area contributed by atoms with Gasteiger partial charge in [-0.05, 0) is 21.5 Å². The highest BCUT2D eigenvalue weighted by Gasteiger charge is 2.11. The molecule has 7 heteroatoms. The minimum atomic E-state index is -0.526. The van der Waals surface area contributed by atoms with E-state index in [2.05, 4.69) is 31.1 Å². The van der Waals surface area contributed by atoms with Gasteiger partial charge in [0.1, 0.15) is 11.0 Å². The number of rotatable bonds is 5. The normalized spacial score (nSPS) is 10.2. The van der Waals surface area contributed by atoms with Gasteiger partial charge in [0.25, 0.3) is 5.56 Å². The van der Waals surface area contributed by atoms with E-state index in [4.69, 9.17) is 0 Å². The van der Waals surface area contributed by atoms with Crippen LogP contribution in [-0.2, 0) is 22.6 Å². The lowest BCUT2D eigenvalue weighted by Gasteiger charge is -2.10.